The fourth-order valence-corrected chi connectivity index (χ4v) is 2.60. The molecule has 0 aromatic carbocycles. The highest BCUT2D eigenvalue weighted by molar-refractivity contribution is 5.69. The average molecular weight is 257 g/mol. The lowest BCUT2D eigenvalue weighted by atomic mass is 9.93. The quantitative estimate of drug-likeness (QED) is 0.823. The Morgan fingerprint density at radius 3 is 2.72 bits per heavy atom. The van der Waals surface area contributed by atoms with Gasteiger partial charge in [-0.15, -0.1) is 0 Å². The lowest BCUT2D eigenvalue weighted by Gasteiger charge is -2.30. The van der Waals surface area contributed by atoms with Crippen LogP contribution in [0.25, 0.3) is 0 Å². The van der Waals surface area contributed by atoms with Gasteiger partial charge in [0.2, 0.25) is 0 Å². The zero-order chi connectivity index (χ0) is 13.8. The predicted octanol–water partition coefficient (Wildman–Crippen LogP) is 2.65. The lowest BCUT2D eigenvalue weighted by molar-refractivity contribution is 0.0718. The molecule has 0 radical (unpaired) electrons. The first-order chi connectivity index (χ1) is 8.36. The molecule has 0 spiro atoms. The Morgan fingerprint density at radius 1 is 1.50 bits per heavy atom. The van der Waals surface area contributed by atoms with Crippen molar-refractivity contribution < 1.29 is 14.6 Å². The molecule has 1 fully saturated rings. The highest BCUT2D eigenvalue weighted by Gasteiger charge is 2.41. The van der Waals surface area contributed by atoms with Gasteiger partial charge in [-0.3, -0.25) is 0 Å². The summed E-state index contributed by atoms with van der Waals surface area (Å²) >= 11 is 0. The van der Waals surface area contributed by atoms with Gasteiger partial charge in [0, 0.05) is 18.7 Å². The summed E-state index contributed by atoms with van der Waals surface area (Å²) in [4.78, 5) is 13.9. The second-order valence-electron chi connectivity index (χ2n) is 6.33. The molecule has 106 valence electrons. The molecule has 0 aliphatic carbocycles. The molecule has 1 aliphatic heterocycles. The predicted molar refractivity (Wildman–Crippen MR) is 71.4 cm³/mol. The van der Waals surface area contributed by atoms with Crippen LogP contribution in [0.3, 0.4) is 0 Å². The molecule has 1 rings (SSSR count). The van der Waals surface area contributed by atoms with Crippen molar-refractivity contribution in [3.63, 3.8) is 0 Å². The van der Waals surface area contributed by atoms with Crippen LogP contribution in [-0.2, 0) is 4.74 Å². The van der Waals surface area contributed by atoms with Crippen molar-refractivity contribution in [3.8, 4) is 0 Å². The van der Waals surface area contributed by atoms with Crippen LogP contribution in [0.2, 0.25) is 0 Å². The Kier molecular flexibility index (Phi) is 5.45. The van der Waals surface area contributed by atoms with Gasteiger partial charge in [0.05, 0.1) is 6.61 Å². The van der Waals surface area contributed by atoms with Crippen LogP contribution in [0.5, 0.6) is 0 Å². The number of hydrogen-bond acceptors (Lipinski definition) is 3. The van der Waals surface area contributed by atoms with Crippen molar-refractivity contribution in [1.82, 2.24) is 4.90 Å². The van der Waals surface area contributed by atoms with Gasteiger partial charge in [-0.25, -0.2) is 4.79 Å². The second-order valence-corrected chi connectivity index (χ2v) is 6.33. The van der Waals surface area contributed by atoms with Crippen LogP contribution in [0.1, 0.15) is 47.0 Å². The van der Waals surface area contributed by atoms with E-state index in [4.69, 9.17) is 9.84 Å². The number of aliphatic hydroxyl groups is 1. The van der Waals surface area contributed by atoms with Gasteiger partial charge < -0.3 is 14.7 Å². The van der Waals surface area contributed by atoms with Gasteiger partial charge >= 0.3 is 6.09 Å². The van der Waals surface area contributed by atoms with Crippen molar-refractivity contribution in [3.05, 3.63) is 0 Å². The third-order valence-corrected chi connectivity index (χ3v) is 3.49. The van der Waals surface area contributed by atoms with E-state index < -0.39 is 0 Å². The van der Waals surface area contributed by atoms with Crippen molar-refractivity contribution in [2.75, 3.05) is 19.8 Å². The minimum Gasteiger partial charge on any atom is -0.449 e. The van der Waals surface area contributed by atoms with Crippen LogP contribution in [-0.4, -0.2) is 41.4 Å². The number of carbonyl (C=O) groups excluding carboxylic acids is 1. The van der Waals surface area contributed by atoms with Crippen molar-refractivity contribution in [2.24, 2.45) is 11.8 Å². The summed E-state index contributed by atoms with van der Waals surface area (Å²) in [6, 6.07) is 0. The van der Waals surface area contributed by atoms with E-state index in [0.717, 1.165) is 25.8 Å². The largest absolute Gasteiger partial charge is 0.449 e. The molecule has 1 heterocycles. The summed E-state index contributed by atoms with van der Waals surface area (Å²) < 4.78 is 5.31. The molecule has 1 unspecified atom stereocenters. The van der Waals surface area contributed by atoms with E-state index in [1.807, 2.05) is 18.7 Å². The van der Waals surface area contributed by atoms with Crippen LogP contribution in [0, 0.1) is 11.8 Å². The zero-order valence-electron chi connectivity index (χ0n) is 12.1. The number of ether oxygens (including phenoxy) is 1. The molecule has 0 aromatic heterocycles. The van der Waals surface area contributed by atoms with Gasteiger partial charge in [-0.2, -0.15) is 0 Å². The Morgan fingerprint density at radius 2 is 2.17 bits per heavy atom. The molecule has 0 aromatic rings. The normalized spacial score (nSPS) is 22.6. The first-order valence-electron chi connectivity index (χ1n) is 6.92. The maximum atomic E-state index is 12.0. The van der Waals surface area contributed by atoms with Crippen LogP contribution in [0.4, 0.5) is 4.79 Å². The number of rotatable bonds is 5. The first kappa shape index (κ1) is 15.3. The van der Waals surface area contributed by atoms with Gasteiger partial charge in [0.15, 0.2) is 0 Å². The third kappa shape index (κ3) is 4.16. The van der Waals surface area contributed by atoms with Gasteiger partial charge in [0.25, 0.3) is 0 Å². The highest BCUT2D eigenvalue weighted by Crippen LogP contribution is 2.35. The summed E-state index contributed by atoms with van der Waals surface area (Å²) in [5.41, 5.74) is -0.131. The second kappa shape index (κ2) is 6.41. The maximum absolute atomic E-state index is 12.0. The number of nitrogens with zero attached hydrogens (tertiary/aromatic N) is 1. The Bertz CT molecular complexity index is 276. The molecule has 1 amide bonds. The van der Waals surface area contributed by atoms with Crippen LogP contribution < -0.4 is 0 Å². The summed E-state index contributed by atoms with van der Waals surface area (Å²) in [6.07, 6.45) is 2.59. The average Bonchev–Trinajstić information content (AvgIpc) is 2.58. The smallest absolute Gasteiger partial charge is 0.410 e. The van der Waals surface area contributed by atoms with E-state index in [2.05, 4.69) is 13.8 Å². The number of hydrogen-bond donors (Lipinski definition) is 1. The van der Waals surface area contributed by atoms with Crippen LogP contribution in [0.15, 0.2) is 0 Å². The molecule has 18 heavy (non-hydrogen) atoms. The van der Waals surface area contributed by atoms with E-state index in [-0.39, 0.29) is 18.2 Å². The lowest BCUT2D eigenvalue weighted by Crippen LogP contribution is -2.43. The topological polar surface area (TPSA) is 49.8 Å². The number of aliphatic hydroxyl groups excluding tert-OH is 1. The zero-order valence-corrected chi connectivity index (χ0v) is 12.1. The van der Waals surface area contributed by atoms with E-state index in [0.29, 0.717) is 18.4 Å². The SMILES string of the molecule is CC(C)COC(=O)N1CC(CCCO)CC1(C)C. The molecule has 0 bridgehead atoms. The fraction of sp³-hybridized carbons (Fsp3) is 0.929. The van der Waals surface area contributed by atoms with E-state index in [1.54, 1.807) is 0 Å². The number of likely N-dealkylation sites (tertiary alicyclic amines) is 1. The number of amides is 1. The highest BCUT2D eigenvalue weighted by atomic mass is 16.6. The van der Waals surface area contributed by atoms with Gasteiger partial charge in [0.1, 0.15) is 0 Å². The monoisotopic (exact) mass is 257 g/mol. The Balaban J connectivity index is 2.51. The third-order valence-electron chi connectivity index (χ3n) is 3.49. The van der Waals surface area contributed by atoms with Gasteiger partial charge in [-0.05, 0) is 44.9 Å². The Hall–Kier alpha value is -0.770. The molecule has 4 heteroatoms. The molecular formula is C14H27NO3. The summed E-state index contributed by atoms with van der Waals surface area (Å²) in [6.45, 7) is 9.70. The minimum atomic E-state index is -0.194. The standard InChI is InChI=1S/C14H27NO3/c1-11(2)10-18-13(17)15-9-12(6-5-7-16)8-14(15,3)4/h11-12,16H,5-10H2,1-4H3. The summed E-state index contributed by atoms with van der Waals surface area (Å²) in [7, 11) is 0. The van der Waals surface area contributed by atoms with Crippen molar-refractivity contribution in [2.45, 2.75) is 52.5 Å². The maximum Gasteiger partial charge on any atom is 0.410 e. The molecule has 4 nitrogen and oxygen atoms in total. The van der Waals surface area contributed by atoms with Crippen molar-refractivity contribution >= 4 is 6.09 Å². The van der Waals surface area contributed by atoms with Crippen molar-refractivity contribution in [1.29, 1.82) is 0 Å². The summed E-state index contributed by atoms with van der Waals surface area (Å²) in [5.74, 6) is 0.851. The first-order valence-corrected chi connectivity index (χ1v) is 6.92. The molecule has 1 aliphatic rings. The van der Waals surface area contributed by atoms with E-state index in [1.165, 1.54) is 0 Å². The molecule has 0 saturated carbocycles. The summed E-state index contributed by atoms with van der Waals surface area (Å²) in [5, 5.41) is 8.87. The van der Waals surface area contributed by atoms with E-state index >= 15 is 0 Å². The molecule has 1 N–H and O–H groups in total. The Labute approximate surface area is 110 Å². The molecule has 1 atom stereocenters. The van der Waals surface area contributed by atoms with Crippen LogP contribution >= 0.6 is 0 Å². The minimum absolute atomic E-state index is 0.131. The number of carbonyl (C=O) groups is 1. The molecular weight excluding hydrogens is 230 g/mol. The van der Waals surface area contributed by atoms with Gasteiger partial charge in [-0.1, -0.05) is 13.8 Å². The fourth-order valence-electron chi connectivity index (χ4n) is 2.60. The van der Waals surface area contributed by atoms with E-state index in [9.17, 15) is 4.79 Å². The molecule has 1 saturated heterocycles.